The zero-order valence-electron chi connectivity index (χ0n) is 6.78. The average Bonchev–Trinajstić information content (AvgIpc) is 2.05. The van der Waals surface area contributed by atoms with Crippen LogP contribution in [-0.4, -0.2) is 6.61 Å². The van der Waals surface area contributed by atoms with E-state index in [0.29, 0.717) is 18.0 Å². The number of nitrogens with zero attached hydrogens (tertiary/aromatic N) is 1. The Morgan fingerprint density at radius 2 is 2.33 bits per heavy atom. The highest BCUT2D eigenvalue weighted by molar-refractivity contribution is 5.64. The Labute approximate surface area is 70.3 Å². The van der Waals surface area contributed by atoms with Crippen LogP contribution in [0.3, 0.4) is 0 Å². The fraction of sp³-hybridized carbons (Fsp3) is 0.250. The molecule has 4 nitrogen and oxygen atoms in total. The molecule has 2 N–H and O–H groups in total. The van der Waals surface area contributed by atoms with Crippen LogP contribution in [0.15, 0.2) is 23.4 Å². The van der Waals surface area contributed by atoms with Crippen LogP contribution in [0.5, 0.6) is 5.75 Å². The van der Waals surface area contributed by atoms with Gasteiger partial charge in [-0.1, -0.05) is 0 Å². The molecule has 0 aliphatic rings. The first-order valence-corrected chi connectivity index (χ1v) is 3.63. The van der Waals surface area contributed by atoms with E-state index in [-0.39, 0.29) is 5.69 Å². The van der Waals surface area contributed by atoms with Crippen LogP contribution in [-0.2, 0) is 0 Å². The summed E-state index contributed by atoms with van der Waals surface area (Å²) in [4.78, 5) is 10.1. The van der Waals surface area contributed by atoms with Crippen LogP contribution in [0, 0.1) is 4.91 Å². The molecule has 0 fully saturated rings. The normalized spacial score (nSPS) is 9.42. The molecule has 0 saturated heterocycles. The molecule has 0 unspecified atom stereocenters. The number of nitrogens with two attached hydrogens (primary N) is 1. The molecule has 0 atom stereocenters. The van der Waals surface area contributed by atoms with Gasteiger partial charge in [-0.25, -0.2) is 0 Å². The van der Waals surface area contributed by atoms with Gasteiger partial charge in [-0.05, 0) is 24.2 Å². The SMILES string of the molecule is CCOc1ccc(N=O)c(N)c1. The van der Waals surface area contributed by atoms with Gasteiger partial charge >= 0.3 is 0 Å². The molecule has 0 radical (unpaired) electrons. The molecule has 12 heavy (non-hydrogen) atoms. The van der Waals surface area contributed by atoms with Crippen LogP contribution in [0.25, 0.3) is 0 Å². The second kappa shape index (κ2) is 3.71. The topological polar surface area (TPSA) is 64.7 Å². The maximum absolute atomic E-state index is 10.1. The Kier molecular flexibility index (Phi) is 2.63. The molecule has 1 rings (SSSR count). The number of hydrogen-bond donors (Lipinski definition) is 1. The lowest BCUT2D eigenvalue weighted by Crippen LogP contribution is -1.92. The monoisotopic (exact) mass is 166 g/mol. The maximum atomic E-state index is 10.1. The third-order valence-corrected chi connectivity index (χ3v) is 1.41. The van der Waals surface area contributed by atoms with Crippen molar-refractivity contribution in [2.24, 2.45) is 5.18 Å². The number of anilines is 1. The Bertz CT molecular complexity index is 286. The summed E-state index contributed by atoms with van der Waals surface area (Å²) in [5, 5.41) is 2.74. The van der Waals surface area contributed by atoms with E-state index < -0.39 is 0 Å². The first-order valence-electron chi connectivity index (χ1n) is 3.63. The number of nitroso groups, excluding NO2 is 1. The molecule has 0 bridgehead atoms. The van der Waals surface area contributed by atoms with E-state index in [1.54, 1.807) is 12.1 Å². The van der Waals surface area contributed by atoms with Crippen LogP contribution < -0.4 is 10.5 Å². The van der Waals surface area contributed by atoms with E-state index in [1.807, 2.05) is 6.92 Å². The molecule has 1 aromatic carbocycles. The summed E-state index contributed by atoms with van der Waals surface area (Å²) in [5.41, 5.74) is 6.08. The lowest BCUT2D eigenvalue weighted by atomic mass is 10.2. The zero-order chi connectivity index (χ0) is 8.97. The van der Waals surface area contributed by atoms with Crippen molar-refractivity contribution in [1.82, 2.24) is 0 Å². The van der Waals surface area contributed by atoms with Gasteiger partial charge in [0.2, 0.25) is 0 Å². The molecular formula is C8H10N2O2. The van der Waals surface area contributed by atoms with Crippen LogP contribution >= 0.6 is 0 Å². The Morgan fingerprint density at radius 1 is 1.58 bits per heavy atom. The van der Waals surface area contributed by atoms with Gasteiger partial charge in [0.1, 0.15) is 11.4 Å². The second-order valence-electron chi connectivity index (χ2n) is 2.24. The zero-order valence-corrected chi connectivity index (χ0v) is 6.78. The summed E-state index contributed by atoms with van der Waals surface area (Å²) in [7, 11) is 0. The van der Waals surface area contributed by atoms with E-state index in [0.717, 1.165) is 0 Å². The summed E-state index contributed by atoms with van der Waals surface area (Å²) in [6.07, 6.45) is 0. The van der Waals surface area contributed by atoms with Gasteiger partial charge in [0.05, 0.1) is 12.3 Å². The molecule has 0 aliphatic carbocycles. The minimum absolute atomic E-state index is 0.249. The third-order valence-electron chi connectivity index (χ3n) is 1.41. The van der Waals surface area contributed by atoms with E-state index in [4.69, 9.17) is 10.5 Å². The molecule has 0 spiro atoms. The van der Waals surface area contributed by atoms with Crippen molar-refractivity contribution in [3.05, 3.63) is 23.1 Å². The molecule has 64 valence electrons. The quantitative estimate of drug-likeness (QED) is 0.552. The predicted molar refractivity (Wildman–Crippen MR) is 47.5 cm³/mol. The number of hydrogen-bond acceptors (Lipinski definition) is 4. The molecule has 0 saturated carbocycles. The molecule has 0 aliphatic heterocycles. The Hall–Kier alpha value is -1.58. The van der Waals surface area contributed by atoms with Crippen LogP contribution in [0.4, 0.5) is 11.4 Å². The second-order valence-corrected chi connectivity index (χ2v) is 2.24. The summed E-state index contributed by atoms with van der Waals surface area (Å²) in [6, 6.07) is 4.78. The number of ether oxygens (including phenoxy) is 1. The number of rotatable bonds is 3. The summed E-state index contributed by atoms with van der Waals surface area (Å²) >= 11 is 0. The summed E-state index contributed by atoms with van der Waals surface area (Å²) in [5.74, 6) is 0.655. The smallest absolute Gasteiger partial charge is 0.131 e. The highest BCUT2D eigenvalue weighted by Crippen LogP contribution is 2.26. The van der Waals surface area contributed by atoms with Crippen molar-refractivity contribution < 1.29 is 4.74 Å². The molecule has 0 heterocycles. The van der Waals surface area contributed by atoms with Gasteiger partial charge in [0.15, 0.2) is 0 Å². The van der Waals surface area contributed by atoms with Gasteiger partial charge in [0, 0.05) is 6.07 Å². The Morgan fingerprint density at radius 3 is 2.83 bits per heavy atom. The van der Waals surface area contributed by atoms with Crippen LogP contribution in [0.1, 0.15) is 6.92 Å². The first kappa shape index (κ1) is 8.52. The highest BCUT2D eigenvalue weighted by Gasteiger charge is 2.00. The average molecular weight is 166 g/mol. The van der Waals surface area contributed by atoms with Gasteiger partial charge in [0.25, 0.3) is 0 Å². The van der Waals surface area contributed by atoms with E-state index in [1.165, 1.54) is 6.07 Å². The van der Waals surface area contributed by atoms with Crippen molar-refractivity contribution in [2.45, 2.75) is 6.92 Å². The fourth-order valence-electron chi connectivity index (χ4n) is 0.872. The lowest BCUT2D eigenvalue weighted by Gasteiger charge is -2.03. The van der Waals surface area contributed by atoms with E-state index >= 15 is 0 Å². The van der Waals surface area contributed by atoms with Crippen molar-refractivity contribution in [3.8, 4) is 5.75 Å². The number of nitrogen functional groups attached to an aromatic ring is 1. The van der Waals surface area contributed by atoms with Crippen LogP contribution in [0.2, 0.25) is 0 Å². The molecular weight excluding hydrogens is 156 g/mol. The fourth-order valence-corrected chi connectivity index (χ4v) is 0.872. The standard InChI is InChI=1S/C8H10N2O2/c1-2-12-6-3-4-8(10-11)7(9)5-6/h3-5H,2,9H2,1H3. The van der Waals surface area contributed by atoms with Crippen molar-refractivity contribution >= 4 is 11.4 Å². The maximum Gasteiger partial charge on any atom is 0.131 e. The molecule has 0 amide bonds. The lowest BCUT2D eigenvalue weighted by molar-refractivity contribution is 0.340. The first-order chi connectivity index (χ1) is 5.77. The third kappa shape index (κ3) is 1.72. The van der Waals surface area contributed by atoms with Crippen molar-refractivity contribution in [3.63, 3.8) is 0 Å². The van der Waals surface area contributed by atoms with Crippen molar-refractivity contribution in [1.29, 1.82) is 0 Å². The van der Waals surface area contributed by atoms with E-state index in [2.05, 4.69) is 5.18 Å². The van der Waals surface area contributed by atoms with Gasteiger partial charge in [-0.2, -0.15) is 0 Å². The number of benzene rings is 1. The summed E-state index contributed by atoms with van der Waals surface area (Å²) < 4.78 is 5.16. The molecule has 4 heteroatoms. The Balaban J connectivity index is 2.93. The highest BCUT2D eigenvalue weighted by atomic mass is 16.5. The molecule has 1 aromatic rings. The largest absolute Gasteiger partial charge is 0.494 e. The molecule has 0 aromatic heterocycles. The minimum atomic E-state index is 0.249. The van der Waals surface area contributed by atoms with E-state index in [9.17, 15) is 4.91 Å². The van der Waals surface area contributed by atoms with Gasteiger partial charge in [-0.15, -0.1) is 4.91 Å². The minimum Gasteiger partial charge on any atom is -0.494 e. The van der Waals surface area contributed by atoms with Gasteiger partial charge in [-0.3, -0.25) is 0 Å². The van der Waals surface area contributed by atoms with Gasteiger partial charge < -0.3 is 10.5 Å². The predicted octanol–water partition coefficient (Wildman–Crippen LogP) is 2.07. The van der Waals surface area contributed by atoms with Crippen molar-refractivity contribution in [2.75, 3.05) is 12.3 Å². The summed E-state index contributed by atoms with van der Waals surface area (Å²) in [6.45, 7) is 2.45.